The Morgan fingerprint density at radius 2 is 2.00 bits per heavy atom. The molecule has 0 bridgehead atoms. The normalized spacial score (nSPS) is 12.3. The van der Waals surface area contributed by atoms with Gasteiger partial charge in [0.2, 0.25) is 0 Å². The molecule has 5 nitrogen and oxygen atoms in total. The van der Waals surface area contributed by atoms with Crippen LogP contribution in [0, 0.1) is 0 Å². The lowest BCUT2D eigenvalue weighted by Crippen LogP contribution is -2.43. The molecule has 2 N–H and O–H groups in total. The number of nitrogens with one attached hydrogen (secondary N) is 2. The summed E-state index contributed by atoms with van der Waals surface area (Å²) in [7, 11) is 3.47. The number of halogens is 1. The number of rotatable bonds is 10. The third kappa shape index (κ3) is 8.13. The predicted octanol–water partition coefficient (Wildman–Crippen LogP) is 2.94. The molecule has 0 amide bonds. The van der Waals surface area contributed by atoms with E-state index in [9.17, 15) is 0 Å². The van der Waals surface area contributed by atoms with Crippen molar-refractivity contribution in [2.75, 3.05) is 47.1 Å². The van der Waals surface area contributed by atoms with Gasteiger partial charge in [0.15, 0.2) is 5.96 Å². The Morgan fingerprint density at radius 1 is 1.21 bits per heavy atom. The predicted molar refractivity (Wildman–Crippen MR) is 104 cm³/mol. The number of guanidine groups is 1. The molecule has 0 saturated heterocycles. The molecule has 0 saturated carbocycles. The summed E-state index contributed by atoms with van der Waals surface area (Å²) in [6.07, 6.45) is 0.930. The van der Waals surface area contributed by atoms with Crippen LogP contribution in [0.1, 0.15) is 25.8 Å². The van der Waals surface area contributed by atoms with Gasteiger partial charge < -0.3 is 20.1 Å². The monoisotopic (exact) mass is 399 g/mol. The number of hydrogen-bond donors (Lipinski definition) is 2. The van der Waals surface area contributed by atoms with Crippen molar-refractivity contribution in [1.29, 1.82) is 0 Å². The fourth-order valence-electron chi connectivity index (χ4n) is 2.16. The second-order valence-electron chi connectivity index (χ2n) is 6.21. The SMILES string of the molecule is CN=C(NCCCOCCOC)NCC(C)(C)c1cccc(Br)c1. The van der Waals surface area contributed by atoms with Crippen LogP contribution in [0.2, 0.25) is 0 Å². The average molecular weight is 400 g/mol. The maximum atomic E-state index is 5.44. The zero-order valence-corrected chi connectivity index (χ0v) is 16.8. The molecule has 0 heterocycles. The Hall–Kier alpha value is -1.11. The number of methoxy groups -OCH3 is 1. The van der Waals surface area contributed by atoms with Crippen molar-refractivity contribution < 1.29 is 9.47 Å². The van der Waals surface area contributed by atoms with Crippen LogP contribution in [0.3, 0.4) is 0 Å². The Labute approximate surface area is 154 Å². The molecule has 0 aliphatic heterocycles. The van der Waals surface area contributed by atoms with E-state index in [0.29, 0.717) is 13.2 Å². The van der Waals surface area contributed by atoms with Crippen molar-refractivity contribution >= 4 is 21.9 Å². The second-order valence-corrected chi connectivity index (χ2v) is 7.12. The third-order valence-electron chi connectivity index (χ3n) is 3.72. The first-order chi connectivity index (χ1) is 11.5. The highest BCUT2D eigenvalue weighted by Crippen LogP contribution is 2.24. The number of benzene rings is 1. The number of nitrogens with zero attached hydrogens (tertiary/aromatic N) is 1. The molecule has 0 aromatic heterocycles. The van der Waals surface area contributed by atoms with Crippen LogP contribution in [-0.2, 0) is 14.9 Å². The zero-order valence-electron chi connectivity index (χ0n) is 15.2. The molecule has 0 unspecified atom stereocenters. The van der Waals surface area contributed by atoms with Gasteiger partial charge in [-0.15, -0.1) is 0 Å². The maximum Gasteiger partial charge on any atom is 0.191 e. The van der Waals surface area contributed by atoms with Crippen molar-refractivity contribution in [2.24, 2.45) is 4.99 Å². The summed E-state index contributed by atoms with van der Waals surface area (Å²) in [5.41, 5.74) is 1.29. The summed E-state index contributed by atoms with van der Waals surface area (Å²) in [6, 6.07) is 8.43. The molecule has 0 fully saturated rings. The second kappa shape index (κ2) is 11.4. The molecular weight excluding hydrogens is 370 g/mol. The highest BCUT2D eigenvalue weighted by Gasteiger charge is 2.21. The highest BCUT2D eigenvalue weighted by atomic mass is 79.9. The standard InChI is InChI=1S/C18H30BrN3O2/c1-18(2,15-7-5-8-16(19)13-15)14-22-17(20-3)21-9-6-10-24-12-11-23-4/h5,7-8,13H,6,9-12,14H2,1-4H3,(H2,20,21,22). The summed E-state index contributed by atoms with van der Waals surface area (Å²) in [5.74, 6) is 0.815. The first-order valence-corrected chi connectivity index (χ1v) is 9.06. The van der Waals surface area contributed by atoms with Gasteiger partial charge in [0, 0.05) is 43.7 Å². The van der Waals surface area contributed by atoms with E-state index in [-0.39, 0.29) is 5.41 Å². The quantitative estimate of drug-likeness (QED) is 0.360. The lowest BCUT2D eigenvalue weighted by molar-refractivity contribution is 0.0698. The molecule has 1 aromatic rings. The Balaban J connectivity index is 2.33. The molecule has 24 heavy (non-hydrogen) atoms. The van der Waals surface area contributed by atoms with E-state index in [1.54, 1.807) is 14.2 Å². The van der Waals surface area contributed by atoms with E-state index < -0.39 is 0 Å². The highest BCUT2D eigenvalue weighted by molar-refractivity contribution is 9.10. The Kier molecular flexibility index (Phi) is 9.98. The van der Waals surface area contributed by atoms with E-state index >= 15 is 0 Å². The fraction of sp³-hybridized carbons (Fsp3) is 0.611. The smallest absolute Gasteiger partial charge is 0.191 e. The van der Waals surface area contributed by atoms with Crippen LogP contribution in [0.25, 0.3) is 0 Å². The Morgan fingerprint density at radius 3 is 2.67 bits per heavy atom. The number of aliphatic imine (C=N–C) groups is 1. The van der Waals surface area contributed by atoms with E-state index in [0.717, 1.165) is 36.5 Å². The van der Waals surface area contributed by atoms with Crippen molar-refractivity contribution in [3.05, 3.63) is 34.3 Å². The van der Waals surface area contributed by atoms with Crippen LogP contribution in [-0.4, -0.2) is 53.0 Å². The van der Waals surface area contributed by atoms with Crippen LogP contribution in [0.15, 0.2) is 33.7 Å². The van der Waals surface area contributed by atoms with Crippen molar-refractivity contribution in [3.63, 3.8) is 0 Å². The average Bonchev–Trinajstić information content (AvgIpc) is 2.56. The number of hydrogen-bond acceptors (Lipinski definition) is 3. The molecule has 0 atom stereocenters. The molecule has 0 spiro atoms. The molecule has 1 aromatic carbocycles. The largest absolute Gasteiger partial charge is 0.382 e. The maximum absolute atomic E-state index is 5.44. The van der Waals surface area contributed by atoms with Gasteiger partial charge in [-0.3, -0.25) is 4.99 Å². The summed E-state index contributed by atoms with van der Waals surface area (Å²) in [6.45, 7) is 8.07. The van der Waals surface area contributed by atoms with Gasteiger partial charge in [-0.05, 0) is 24.1 Å². The Bertz CT molecular complexity index is 507. The van der Waals surface area contributed by atoms with Gasteiger partial charge in [0.25, 0.3) is 0 Å². The van der Waals surface area contributed by atoms with Crippen LogP contribution < -0.4 is 10.6 Å². The van der Waals surface area contributed by atoms with Crippen molar-refractivity contribution in [1.82, 2.24) is 10.6 Å². The summed E-state index contributed by atoms with van der Waals surface area (Å²) in [5, 5.41) is 6.72. The van der Waals surface area contributed by atoms with Crippen molar-refractivity contribution in [2.45, 2.75) is 25.7 Å². The molecule has 0 aliphatic rings. The lowest BCUT2D eigenvalue weighted by Gasteiger charge is -2.27. The van der Waals surface area contributed by atoms with Gasteiger partial charge in [-0.25, -0.2) is 0 Å². The minimum atomic E-state index is 0.00463. The number of ether oxygens (including phenoxy) is 2. The fourth-order valence-corrected chi connectivity index (χ4v) is 2.56. The first-order valence-electron chi connectivity index (χ1n) is 8.27. The van der Waals surface area contributed by atoms with Gasteiger partial charge in [-0.1, -0.05) is 41.9 Å². The molecule has 0 aliphatic carbocycles. The summed E-state index contributed by atoms with van der Waals surface area (Å²) in [4.78, 5) is 4.27. The zero-order chi connectivity index (χ0) is 17.8. The molecular formula is C18H30BrN3O2. The van der Waals surface area contributed by atoms with E-state index in [1.165, 1.54) is 5.56 Å². The topological polar surface area (TPSA) is 54.9 Å². The van der Waals surface area contributed by atoms with Crippen LogP contribution >= 0.6 is 15.9 Å². The molecule has 1 rings (SSSR count). The van der Waals surface area contributed by atoms with Gasteiger partial charge in [-0.2, -0.15) is 0 Å². The minimum Gasteiger partial charge on any atom is -0.382 e. The van der Waals surface area contributed by atoms with Gasteiger partial charge in [0.05, 0.1) is 13.2 Å². The van der Waals surface area contributed by atoms with Crippen LogP contribution in [0.4, 0.5) is 0 Å². The lowest BCUT2D eigenvalue weighted by atomic mass is 9.85. The van der Waals surface area contributed by atoms with Gasteiger partial charge >= 0.3 is 0 Å². The van der Waals surface area contributed by atoms with E-state index in [2.05, 4.69) is 63.6 Å². The molecule has 136 valence electrons. The minimum absolute atomic E-state index is 0.00463. The van der Waals surface area contributed by atoms with Crippen molar-refractivity contribution in [3.8, 4) is 0 Å². The third-order valence-corrected chi connectivity index (χ3v) is 4.21. The van der Waals surface area contributed by atoms with Gasteiger partial charge in [0.1, 0.15) is 0 Å². The van der Waals surface area contributed by atoms with E-state index in [1.807, 2.05) is 6.07 Å². The molecule has 0 radical (unpaired) electrons. The van der Waals surface area contributed by atoms with Crippen LogP contribution in [0.5, 0.6) is 0 Å². The summed E-state index contributed by atoms with van der Waals surface area (Å²) < 4.78 is 11.5. The summed E-state index contributed by atoms with van der Waals surface area (Å²) >= 11 is 3.54. The molecule has 6 heteroatoms. The van der Waals surface area contributed by atoms with E-state index in [4.69, 9.17) is 9.47 Å². The first kappa shape index (κ1) is 20.9.